The second kappa shape index (κ2) is 10.3. The molecule has 1 N–H and O–H groups in total. The molecule has 2 heterocycles. The van der Waals surface area contributed by atoms with Crippen molar-refractivity contribution in [2.45, 2.75) is 6.42 Å². The minimum absolute atomic E-state index is 0. The summed E-state index contributed by atoms with van der Waals surface area (Å²) in [6, 6.07) is 10.4. The summed E-state index contributed by atoms with van der Waals surface area (Å²) in [6.07, 6.45) is 2.54. The van der Waals surface area contributed by atoms with E-state index in [-0.39, 0.29) is 35.6 Å². The molecule has 2 aliphatic heterocycles. The zero-order valence-corrected chi connectivity index (χ0v) is 18.7. The third-order valence-corrected chi connectivity index (χ3v) is 6.77. The molecular weight excluding hydrogens is 475 g/mol. The largest absolute Gasteiger partial charge is 0.368 e. The molecule has 150 valence electrons. The smallest absolute Gasteiger partial charge is 0.194 e. The highest BCUT2D eigenvalue weighted by molar-refractivity contribution is 14.0. The second-order valence-corrected chi connectivity index (χ2v) is 9.14. The summed E-state index contributed by atoms with van der Waals surface area (Å²) in [5.41, 5.74) is 1.25. The van der Waals surface area contributed by atoms with Crippen LogP contribution >= 0.6 is 24.0 Å². The lowest BCUT2D eigenvalue weighted by Gasteiger charge is -2.37. The van der Waals surface area contributed by atoms with Crippen molar-refractivity contribution < 1.29 is 8.42 Å². The average Bonchev–Trinajstić information content (AvgIpc) is 3.02. The average molecular weight is 504 g/mol. The zero-order valence-electron chi connectivity index (χ0n) is 15.6. The molecule has 0 amide bonds. The minimum Gasteiger partial charge on any atom is -0.368 e. The van der Waals surface area contributed by atoms with Crippen LogP contribution < -0.4 is 10.2 Å². The highest BCUT2D eigenvalue weighted by Gasteiger charge is 2.28. The normalized spacial score (nSPS) is 22.2. The second-order valence-electron chi connectivity index (χ2n) is 6.91. The van der Waals surface area contributed by atoms with Gasteiger partial charge in [-0.3, -0.25) is 4.99 Å². The van der Waals surface area contributed by atoms with E-state index in [1.54, 1.807) is 0 Å². The fourth-order valence-corrected chi connectivity index (χ4v) is 5.33. The van der Waals surface area contributed by atoms with E-state index in [4.69, 9.17) is 4.99 Å². The van der Waals surface area contributed by atoms with Crippen molar-refractivity contribution in [1.29, 1.82) is 0 Å². The first-order valence-corrected chi connectivity index (χ1v) is 11.0. The molecular formula is C19H29IN4O2S. The number of halogens is 1. The van der Waals surface area contributed by atoms with Crippen LogP contribution in [0.5, 0.6) is 0 Å². The van der Waals surface area contributed by atoms with Gasteiger partial charge in [0, 0.05) is 45.0 Å². The topological polar surface area (TPSA) is 65.0 Å². The molecule has 8 heteroatoms. The summed E-state index contributed by atoms with van der Waals surface area (Å²) in [7, 11) is -2.85. The Kier molecular flexibility index (Phi) is 8.40. The molecule has 0 spiro atoms. The van der Waals surface area contributed by atoms with Gasteiger partial charge in [0.25, 0.3) is 0 Å². The molecule has 0 radical (unpaired) electrons. The van der Waals surface area contributed by atoms with Crippen LogP contribution in [-0.4, -0.2) is 70.1 Å². The van der Waals surface area contributed by atoms with Crippen LogP contribution in [-0.2, 0) is 9.84 Å². The number of piperazine rings is 1. The van der Waals surface area contributed by atoms with E-state index >= 15 is 0 Å². The number of benzene rings is 1. The van der Waals surface area contributed by atoms with Crippen molar-refractivity contribution in [1.82, 2.24) is 10.2 Å². The number of nitrogens with one attached hydrogen (secondary N) is 1. The SMILES string of the molecule is C=CCNC(=NCC1CCS(=O)(=O)C1)N1CCN(c2ccccc2)CC1.I. The van der Waals surface area contributed by atoms with E-state index < -0.39 is 9.84 Å². The first-order chi connectivity index (χ1) is 12.6. The lowest BCUT2D eigenvalue weighted by atomic mass is 10.1. The number of hydrogen-bond donors (Lipinski definition) is 1. The van der Waals surface area contributed by atoms with Gasteiger partial charge in [0.2, 0.25) is 0 Å². The maximum atomic E-state index is 11.6. The Balaban J connectivity index is 0.00000261. The Morgan fingerprint density at radius 1 is 1.22 bits per heavy atom. The first-order valence-electron chi connectivity index (χ1n) is 9.22. The molecule has 0 aliphatic carbocycles. The third kappa shape index (κ3) is 6.38. The van der Waals surface area contributed by atoms with Crippen LogP contribution in [0.2, 0.25) is 0 Å². The number of para-hydroxylation sites is 1. The highest BCUT2D eigenvalue weighted by atomic mass is 127. The van der Waals surface area contributed by atoms with E-state index in [0.29, 0.717) is 18.8 Å². The summed E-state index contributed by atoms with van der Waals surface area (Å²) < 4.78 is 23.3. The van der Waals surface area contributed by atoms with Gasteiger partial charge < -0.3 is 15.1 Å². The summed E-state index contributed by atoms with van der Waals surface area (Å²) in [4.78, 5) is 9.37. The van der Waals surface area contributed by atoms with Gasteiger partial charge in [-0.05, 0) is 24.5 Å². The van der Waals surface area contributed by atoms with Gasteiger partial charge in [0.15, 0.2) is 15.8 Å². The maximum Gasteiger partial charge on any atom is 0.194 e. The summed E-state index contributed by atoms with van der Waals surface area (Å²) in [6.45, 7) is 8.64. The van der Waals surface area contributed by atoms with Gasteiger partial charge >= 0.3 is 0 Å². The van der Waals surface area contributed by atoms with E-state index in [9.17, 15) is 8.42 Å². The number of rotatable bonds is 5. The van der Waals surface area contributed by atoms with Gasteiger partial charge in [-0.2, -0.15) is 0 Å². The molecule has 1 unspecified atom stereocenters. The summed E-state index contributed by atoms with van der Waals surface area (Å²) in [5.74, 6) is 1.58. The molecule has 0 bridgehead atoms. The zero-order chi connectivity index (χ0) is 18.4. The molecule has 2 aliphatic rings. The maximum absolute atomic E-state index is 11.6. The number of sulfone groups is 1. The molecule has 27 heavy (non-hydrogen) atoms. The van der Waals surface area contributed by atoms with Crippen molar-refractivity contribution in [3.05, 3.63) is 43.0 Å². The van der Waals surface area contributed by atoms with Crippen molar-refractivity contribution in [3.63, 3.8) is 0 Å². The van der Waals surface area contributed by atoms with Gasteiger partial charge in [0.1, 0.15) is 0 Å². The van der Waals surface area contributed by atoms with Crippen molar-refractivity contribution in [3.8, 4) is 0 Å². The number of nitrogens with zero attached hydrogens (tertiary/aromatic N) is 3. The number of guanidine groups is 1. The van der Waals surface area contributed by atoms with E-state index in [0.717, 1.165) is 38.6 Å². The van der Waals surface area contributed by atoms with Gasteiger partial charge in [0.05, 0.1) is 11.5 Å². The monoisotopic (exact) mass is 504 g/mol. The molecule has 1 aromatic carbocycles. The fraction of sp³-hybridized carbons (Fsp3) is 0.526. The minimum atomic E-state index is -2.85. The molecule has 2 fully saturated rings. The Morgan fingerprint density at radius 2 is 1.93 bits per heavy atom. The van der Waals surface area contributed by atoms with Crippen LogP contribution in [0, 0.1) is 5.92 Å². The van der Waals surface area contributed by atoms with Crippen molar-refractivity contribution in [2.24, 2.45) is 10.9 Å². The molecule has 3 rings (SSSR count). The Bertz CT molecular complexity index is 731. The lowest BCUT2D eigenvalue weighted by molar-refractivity contribution is 0.372. The van der Waals surface area contributed by atoms with Crippen LogP contribution in [0.25, 0.3) is 0 Å². The molecule has 0 saturated carbocycles. The first kappa shape index (κ1) is 22.0. The molecule has 0 aromatic heterocycles. The van der Waals surface area contributed by atoms with Crippen LogP contribution in [0.3, 0.4) is 0 Å². The van der Waals surface area contributed by atoms with E-state index in [1.165, 1.54) is 5.69 Å². The highest BCUT2D eigenvalue weighted by Crippen LogP contribution is 2.19. The predicted molar refractivity (Wildman–Crippen MR) is 123 cm³/mol. The molecule has 1 atom stereocenters. The lowest BCUT2D eigenvalue weighted by Crippen LogP contribution is -2.52. The third-order valence-electron chi connectivity index (χ3n) is 4.93. The van der Waals surface area contributed by atoms with E-state index in [1.807, 2.05) is 12.1 Å². The van der Waals surface area contributed by atoms with Crippen LogP contribution in [0.1, 0.15) is 6.42 Å². The standard InChI is InChI=1S/C19H28N4O2S.HI/c1-2-9-20-19(21-15-17-8-14-26(24,25)16-17)23-12-10-22(11-13-23)18-6-4-3-5-7-18;/h2-7,17H,1,8-16H2,(H,20,21);1H. The number of hydrogen-bond acceptors (Lipinski definition) is 4. The van der Waals surface area contributed by atoms with Gasteiger partial charge in [-0.15, -0.1) is 30.6 Å². The Labute approximate surface area is 179 Å². The van der Waals surface area contributed by atoms with Crippen molar-refractivity contribution in [2.75, 3.05) is 55.7 Å². The predicted octanol–water partition coefficient (Wildman–Crippen LogP) is 1.99. The number of anilines is 1. The summed E-state index contributed by atoms with van der Waals surface area (Å²) in [5, 5.41) is 3.33. The molecule has 2 saturated heterocycles. The molecule has 1 aromatic rings. The van der Waals surface area contributed by atoms with Gasteiger partial charge in [-0.25, -0.2) is 8.42 Å². The Hall–Kier alpha value is -1.29. The van der Waals surface area contributed by atoms with Crippen LogP contribution in [0.15, 0.2) is 48.0 Å². The molecule has 6 nitrogen and oxygen atoms in total. The van der Waals surface area contributed by atoms with Crippen molar-refractivity contribution >= 4 is 45.5 Å². The van der Waals surface area contributed by atoms with E-state index in [2.05, 4.69) is 46.0 Å². The summed E-state index contributed by atoms with van der Waals surface area (Å²) >= 11 is 0. The fourth-order valence-electron chi connectivity index (χ4n) is 3.48. The number of aliphatic imine (C=N–C) groups is 1. The Morgan fingerprint density at radius 3 is 2.52 bits per heavy atom. The van der Waals surface area contributed by atoms with Gasteiger partial charge in [-0.1, -0.05) is 24.3 Å². The van der Waals surface area contributed by atoms with Crippen LogP contribution in [0.4, 0.5) is 5.69 Å². The quantitative estimate of drug-likeness (QED) is 0.288.